The van der Waals surface area contributed by atoms with Crippen LogP contribution in [-0.2, 0) is 9.53 Å². The van der Waals surface area contributed by atoms with Gasteiger partial charge in [-0.2, -0.15) is 0 Å². The Bertz CT molecular complexity index is 121. The van der Waals surface area contributed by atoms with Crippen molar-refractivity contribution in [2.24, 2.45) is 0 Å². The van der Waals surface area contributed by atoms with Gasteiger partial charge in [0.15, 0.2) is 0 Å². The fraction of sp³-hybridized carbons (Fsp3) is 0.571. The Morgan fingerprint density at radius 2 is 2.40 bits per heavy atom. The minimum absolute atomic E-state index is 0.299. The van der Waals surface area contributed by atoms with E-state index in [1.165, 1.54) is 6.08 Å². The second-order valence-corrected chi connectivity index (χ2v) is 2.01. The van der Waals surface area contributed by atoms with E-state index in [0.717, 1.165) is 0 Å². The molecular formula is C7H11ClO2. The quantitative estimate of drug-likeness (QED) is 0.358. The molecule has 0 aliphatic heterocycles. The molecule has 2 nitrogen and oxygen atoms in total. The fourth-order valence-electron chi connectivity index (χ4n) is 0.433. The summed E-state index contributed by atoms with van der Waals surface area (Å²) < 4.78 is 4.62. The summed E-state index contributed by atoms with van der Waals surface area (Å²) >= 11 is 5.36. The molecule has 0 saturated heterocycles. The molecule has 0 aliphatic carbocycles. The number of hydrogen-bond acceptors (Lipinski definition) is 2. The maximum atomic E-state index is 10.6. The van der Waals surface area contributed by atoms with Gasteiger partial charge in [-0.3, -0.25) is 0 Å². The van der Waals surface area contributed by atoms with Crippen LogP contribution in [-0.4, -0.2) is 18.5 Å². The van der Waals surface area contributed by atoms with Gasteiger partial charge < -0.3 is 4.74 Å². The van der Waals surface area contributed by atoms with Gasteiger partial charge in [0.1, 0.15) is 0 Å². The van der Waals surface area contributed by atoms with Crippen molar-refractivity contribution in [3.8, 4) is 0 Å². The van der Waals surface area contributed by atoms with Crippen molar-refractivity contribution in [2.75, 3.05) is 12.5 Å². The maximum Gasteiger partial charge on any atom is 0.330 e. The highest BCUT2D eigenvalue weighted by Crippen LogP contribution is 1.87. The van der Waals surface area contributed by atoms with Gasteiger partial charge in [-0.25, -0.2) is 4.79 Å². The lowest BCUT2D eigenvalue weighted by Gasteiger charge is -1.92. The number of hydrogen-bond donors (Lipinski definition) is 0. The standard InChI is InChI=1S/C7H11ClO2/c1-2-10-7(9)5-3-4-6-8/h3,5H,2,4,6H2,1H3. The molecular weight excluding hydrogens is 152 g/mol. The van der Waals surface area contributed by atoms with Crippen LogP contribution in [0.1, 0.15) is 13.3 Å². The van der Waals surface area contributed by atoms with E-state index in [9.17, 15) is 4.79 Å². The van der Waals surface area contributed by atoms with Gasteiger partial charge in [0.25, 0.3) is 0 Å². The van der Waals surface area contributed by atoms with Crippen molar-refractivity contribution in [2.45, 2.75) is 13.3 Å². The molecule has 0 aromatic heterocycles. The molecule has 0 unspecified atom stereocenters. The van der Waals surface area contributed by atoms with E-state index in [1.807, 2.05) is 0 Å². The zero-order valence-corrected chi connectivity index (χ0v) is 6.73. The van der Waals surface area contributed by atoms with E-state index < -0.39 is 0 Å². The van der Waals surface area contributed by atoms with Crippen LogP contribution in [0.15, 0.2) is 12.2 Å². The van der Waals surface area contributed by atoms with Gasteiger partial charge in [0.2, 0.25) is 0 Å². The van der Waals surface area contributed by atoms with Gasteiger partial charge in [0, 0.05) is 12.0 Å². The summed E-state index contributed by atoms with van der Waals surface area (Å²) in [6.07, 6.45) is 3.80. The van der Waals surface area contributed by atoms with Gasteiger partial charge in [-0.1, -0.05) is 6.08 Å². The Morgan fingerprint density at radius 3 is 2.90 bits per heavy atom. The number of carbonyl (C=O) groups excluding carboxylic acids is 1. The van der Waals surface area contributed by atoms with Crippen LogP contribution in [0.25, 0.3) is 0 Å². The summed E-state index contributed by atoms with van der Waals surface area (Å²) in [6, 6.07) is 0. The molecule has 0 saturated carbocycles. The Balaban J connectivity index is 3.36. The number of allylic oxidation sites excluding steroid dienone is 1. The molecule has 0 atom stereocenters. The Hall–Kier alpha value is -0.500. The second kappa shape index (κ2) is 6.62. The number of esters is 1. The summed E-state index contributed by atoms with van der Waals surface area (Å²) in [5, 5.41) is 0. The van der Waals surface area contributed by atoms with Crippen molar-refractivity contribution in [1.82, 2.24) is 0 Å². The molecule has 10 heavy (non-hydrogen) atoms. The molecule has 0 spiro atoms. The van der Waals surface area contributed by atoms with E-state index >= 15 is 0 Å². The first-order valence-corrected chi connectivity index (χ1v) is 3.74. The molecule has 0 aromatic carbocycles. The first kappa shape index (κ1) is 9.50. The highest BCUT2D eigenvalue weighted by atomic mass is 35.5. The topological polar surface area (TPSA) is 26.3 Å². The summed E-state index contributed by atoms with van der Waals surface area (Å²) in [7, 11) is 0. The van der Waals surface area contributed by atoms with Crippen LogP contribution in [0.3, 0.4) is 0 Å². The maximum absolute atomic E-state index is 10.6. The van der Waals surface area contributed by atoms with Gasteiger partial charge in [0.05, 0.1) is 6.61 Å². The van der Waals surface area contributed by atoms with E-state index in [-0.39, 0.29) is 5.97 Å². The predicted octanol–water partition coefficient (Wildman–Crippen LogP) is 1.73. The monoisotopic (exact) mass is 162 g/mol. The number of ether oxygens (including phenoxy) is 1. The van der Waals surface area contributed by atoms with Crippen molar-refractivity contribution in [1.29, 1.82) is 0 Å². The van der Waals surface area contributed by atoms with Crippen molar-refractivity contribution < 1.29 is 9.53 Å². The normalized spacial score (nSPS) is 10.2. The van der Waals surface area contributed by atoms with Crippen LogP contribution in [0.2, 0.25) is 0 Å². The molecule has 0 bridgehead atoms. The summed E-state index contributed by atoms with van der Waals surface area (Å²) in [4.78, 5) is 10.6. The van der Waals surface area contributed by atoms with Gasteiger partial charge in [-0.05, 0) is 13.3 Å². The van der Waals surface area contributed by atoms with Crippen LogP contribution >= 0.6 is 11.6 Å². The fourth-order valence-corrected chi connectivity index (χ4v) is 0.559. The zero-order valence-electron chi connectivity index (χ0n) is 5.97. The lowest BCUT2D eigenvalue weighted by Crippen LogP contribution is -1.98. The largest absolute Gasteiger partial charge is 0.463 e. The Morgan fingerprint density at radius 1 is 1.70 bits per heavy atom. The third kappa shape index (κ3) is 5.63. The Kier molecular flexibility index (Phi) is 6.29. The molecule has 0 amide bonds. The van der Waals surface area contributed by atoms with E-state index in [4.69, 9.17) is 11.6 Å². The molecule has 0 fully saturated rings. The summed E-state index contributed by atoms with van der Waals surface area (Å²) in [6.45, 7) is 2.19. The molecule has 3 heteroatoms. The van der Waals surface area contributed by atoms with Crippen LogP contribution in [0.4, 0.5) is 0 Å². The van der Waals surface area contributed by atoms with Gasteiger partial charge >= 0.3 is 5.97 Å². The van der Waals surface area contributed by atoms with E-state index in [1.54, 1.807) is 13.0 Å². The average molecular weight is 163 g/mol. The van der Waals surface area contributed by atoms with E-state index in [2.05, 4.69) is 4.74 Å². The van der Waals surface area contributed by atoms with Crippen LogP contribution in [0, 0.1) is 0 Å². The third-order valence-corrected chi connectivity index (χ3v) is 1.03. The molecule has 0 rings (SSSR count). The predicted molar refractivity (Wildman–Crippen MR) is 41.1 cm³/mol. The zero-order chi connectivity index (χ0) is 7.82. The summed E-state index contributed by atoms with van der Waals surface area (Å²) in [5.41, 5.74) is 0. The van der Waals surface area contributed by atoms with Crippen molar-refractivity contribution in [3.05, 3.63) is 12.2 Å². The number of halogens is 1. The lowest BCUT2D eigenvalue weighted by molar-refractivity contribution is -0.137. The Labute approximate surface area is 65.8 Å². The van der Waals surface area contributed by atoms with Crippen LogP contribution < -0.4 is 0 Å². The highest BCUT2D eigenvalue weighted by Gasteiger charge is 1.90. The second-order valence-electron chi connectivity index (χ2n) is 1.63. The van der Waals surface area contributed by atoms with Crippen molar-refractivity contribution >= 4 is 17.6 Å². The molecule has 0 aromatic rings. The number of rotatable bonds is 4. The molecule has 0 aliphatic rings. The first-order valence-electron chi connectivity index (χ1n) is 3.20. The minimum Gasteiger partial charge on any atom is -0.463 e. The first-order chi connectivity index (χ1) is 4.81. The number of carbonyl (C=O) groups is 1. The molecule has 0 radical (unpaired) electrons. The molecule has 0 N–H and O–H groups in total. The van der Waals surface area contributed by atoms with E-state index in [0.29, 0.717) is 18.9 Å². The SMILES string of the molecule is CCOC(=O)C=CCCCl. The molecule has 0 heterocycles. The van der Waals surface area contributed by atoms with Crippen molar-refractivity contribution in [3.63, 3.8) is 0 Å². The van der Waals surface area contributed by atoms with Gasteiger partial charge in [-0.15, -0.1) is 11.6 Å². The smallest absolute Gasteiger partial charge is 0.330 e. The molecule has 58 valence electrons. The highest BCUT2D eigenvalue weighted by molar-refractivity contribution is 6.17. The van der Waals surface area contributed by atoms with Crippen LogP contribution in [0.5, 0.6) is 0 Å². The average Bonchev–Trinajstić information content (AvgIpc) is 1.89. The summed E-state index contributed by atoms with van der Waals surface area (Å²) in [5.74, 6) is 0.239. The minimum atomic E-state index is -0.299. The lowest BCUT2D eigenvalue weighted by atomic mass is 10.4. The number of alkyl halides is 1. The third-order valence-electron chi connectivity index (χ3n) is 0.816.